The van der Waals surface area contributed by atoms with E-state index < -0.39 is 16.0 Å². The van der Waals surface area contributed by atoms with Gasteiger partial charge >= 0.3 is 5.97 Å². The van der Waals surface area contributed by atoms with Crippen molar-refractivity contribution < 1.29 is 17.9 Å². The molecule has 1 aromatic heterocycles. The number of aryl methyl sites for hydroxylation is 1. The Balaban J connectivity index is 1.84. The Morgan fingerprint density at radius 3 is 2.26 bits per heavy atom. The normalized spacial score (nSPS) is 10.8. The van der Waals surface area contributed by atoms with Crippen LogP contribution in [0.4, 0.5) is 0 Å². The Kier molecular flexibility index (Phi) is 7.04. The second-order valence-electron chi connectivity index (χ2n) is 7.83. The van der Waals surface area contributed by atoms with Crippen LogP contribution < -0.4 is 0 Å². The fourth-order valence-corrected chi connectivity index (χ4v) is 4.79. The fourth-order valence-electron chi connectivity index (χ4n) is 3.57. The molecule has 0 aliphatic carbocycles. The van der Waals surface area contributed by atoms with Crippen LogP contribution >= 0.6 is 0 Å². The van der Waals surface area contributed by atoms with E-state index in [4.69, 9.17) is 4.74 Å². The predicted octanol–water partition coefficient (Wildman–Crippen LogP) is 4.77. The van der Waals surface area contributed by atoms with Crippen LogP contribution in [0.15, 0.2) is 102 Å². The molecule has 3 aromatic carbocycles. The number of para-hydroxylation sites is 1. The monoisotopic (exact) mass is 484 g/mol. The van der Waals surface area contributed by atoms with Crippen molar-refractivity contribution in [3.05, 3.63) is 120 Å². The van der Waals surface area contributed by atoms with Crippen molar-refractivity contribution in [2.75, 3.05) is 7.11 Å². The quantitative estimate of drug-likeness (QED) is 0.225. The van der Waals surface area contributed by atoms with Crippen LogP contribution in [0.3, 0.4) is 0 Å². The minimum absolute atomic E-state index is 0.0690. The standard InChI is InChI=1S/C28H24N2O4S/c1-22-13-15-25(16-14-22)35(32,33)30(21-23-9-4-3-5-10-23)20-17-24-11-8-12-26(28(31)34-2)27(24)29-18-6-7-19-29/h3-16,18-19H,21H2,1-2H3. The zero-order valence-electron chi connectivity index (χ0n) is 19.4. The van der Waals surface area contributed by atoms with E-state index >= 15 is 0 Å². The summed E-state index contributed by atoms with van der Waals surface area (Å²) in [7, 11) is -2.61. The van der Waals surface area contributed by atoms with Gasteiger partial charge in [-0.15, -0.1) is 0 Å². The van der Waals surface area contributed by atoms with Crippen molar-refractivity contribution in [3.63, 3.8) is 0 Å². The number of carbonyl (C=O) groups excluding carboxylic acids is 1. The Labute approximate surface area is 205 Å². The summed E-state index contributed by atoms with van der Waals surface area (Å²) < 4.78 is 34.9. The first-order valence-corrected chi connectivity index (χ1v) is 12.3. The molecule has 7 heteroatoms. The summed E-state index contributed by atoms with van der Waals surface area (Å²) in [5, 5.41) is 0. The first-order valence-electron chi connectivity index (χ1n) is 10.9. The topological polar surface area (TPSA) is 68.6 Å². The first kappa shape index (κ1) is 23.9. The summed E-state index contributed by atoms with van der Waals surface area (Å²) in [5.41, 5.74) is 3.09. The Hall–Kier alpha value is -4.28. The van der Waals surface area contributed by atoms with Crippen molar-refractivity contribution in [1.82, 2.24) is 8.87 Å². The molecule has 0 N–H and O–H groups in total. The van der Waals surface area contributed by atoms with Crippen LogP contribution in [0, 0.1) is 18.9 Å². The van der Waals surface area contributed by atoms with Gasteiger partial charge in [0.2, 0.25) is 0 Å². The van der Waals surface area contributed by atoms with Crippen LogP contribution in [0.5, 0.6) is 0 Å². The van der Waals surface area contributed by atoms with Crippen LogP contribution in [0.2, 0.25) is 0 Å². The van der Waals surface area contributed by atoms with E-state index in [0.29, 0.717) is 16.8 Å². The lowest BCUT2D eigenvalue weighted by Crippen LogP contribution is -2.26. The SMILES string of the molecule is COC(=O)c1cccc(C#CN(Cc2ccccc2)S(=O)(=O)c2ccc(C)cc2)c1-n1cccc1. The van der Waals surface area contributed by atoms with Gasteiger partial charge in [0.05, 0.1) is 35.4 Å². The molecule has 0 bridgehead atoms. The van der Waals surface area contributed by atoms with E-state index in [-0.39, 0.29) is 11.4 Å². The fraction of sp³-hybridized carbons (Fsp3) is 0.107. The number of hydrogen-bond acceptors (Lipinski definition) is 4. The summed E-state index contributed by atoms with van der Waals surface area (Å²) in [6.07, 6.45) is 3.58. The number of ether oxygens (including phenoxy) is 1. The maximum absolute atomic E-state index is 13.5. The number of hydrogen-bond donors (Lipinski definition) is 0. The summed E-state index contributed by atoms with van der Waals surface area (Å²) in [5.74, 6) is 2.49. The largest absolute Gasteiger partial charge is 0.465 e. The molecule has 0 saturated carbocycles. The van der Waals surface area contributed by atoms with Gasteiger partial charge in [0, 0.05) is 18.4 Å². The molecule has 6 nitrogen and oxygen atoms in total. The van der Waals surface area contributed by atoms with Crippen LogP contribution in [0.25, 0.3) is 5.69 Å². The highest BCUT2D eigenvalue weighted by Gasteiger charge is 2.23. The molecule has 0 radical (unpaired) electrons. The maximum atomic E-state index is 13.5. The number of carbonyl (C=O) groups is 1. The lowest BCUT2D eigenvalue weighted by atomic mass is 10.1. The zero-order valence-corrected chi connectivity index (χ0v) is 20.2. The second kappa shape index (κ2) is 10.3. The molecule has 1 heterocycles. The molecule has 4 aromatic rings. The molecule has 35 heavy (non-hydrogen) atoms. The molecule has 0 aliphatic heterocycles. The first-order chi connectivity index (χ1) is 16.9. The van der Waals surface area contributed by atoms with Crippen molar-refractivity contribution in [3.8, 4) is 17.7 Å². The predicted molar refractivity (Wildman–Crippen MR) is 134 cm³/mol. The molecular weight excluding hydrogens is 460 g/mol. The number of methoxy groups -OCH3 is 1. The number of esters is 1. The minimum atomic E-state index is -3.92. The maximum Gasteiger partial charge on any atom is 0.340 e. The third-order valence-corrected chi connectivity index (χ3v) is 7.07. The molecule has 176 valence electrons. The van der Waals surface area contributed by atoms with Crippen molar-refractivity contribution in [1.29, 1.82) is 0 Å². The van der Waals surface area contributed by atoms with Crippen LogP contribution in [-0.2, 0) is 21.3 Å². The number of benzene rings is 3. The van der Waals surface area contributed by atoms with Gasteiger partial charge in [-0.1, -0.05) is 54.1 Å². The highest BCUT2D eigenvalue weighted by atomic mass is 32.2. The van der Waals surface area contributed by atoms with E-state index in [2.05, 4.69) is 12.0 Å². The smallest absolute Gasteiger partial charge is 0.340 e. The highest BCUT2D eigenvalue weighted by Crippen LogP contribution is 2.22. The number of rotatable bonds is 6. The summed E-state index contributed by atoms with van der Waals surface area (Å²) >= 11 is 0. The third-order valence-electron chi connectivity index (χ3n) is 5.40. The molecule has 0 fully saturated rings. The van der Waals surface area contributed by atoms with Gasteiger partial charge in [-0.3, -0.25) is 0 Å². The van der Waals surface area contributed by atoms with E-state index in [1.165, 1.54) is 7.11 Å². The lowest BCUT2D eigenvalue weighted by Gasteiger charge is -2.18. The lowest BCUT2D eigenvalue weighted by molar-refractivity contribution is 0.0600. The molecule has 4 rings (SSSR count). The molecule has 0 spiro atoms. The third kappa shape index (κ3) is 5.29. The van der Waals surface area contributed by atoms with Gasteiger partial charge < -0.3 is 9.30 Å². The molecular formula is C28H24N2O4S. The zero-order chi connectivity index (χ0) is 24.8. The van der Waals surface area contributed by atoms with Crippen molar-refractivity contribution >= 4 is 16.0 Å². The van der Waals surface area contributed by atoms with Gasteiger partial charge in [-0.2, -0.15) is 0 Å². The minimum Gasteiger partial charge on any atom is -0.465 e. The average molecular weight is 485 g/mol. The average Bonchev–Trinajstić information content (AvgIpc) is 3.41. The van der Waals surface area contributed by atoms with E-state index in [1.807, 2.05) is 49.4 Å². The Bertz CT molecular complexity index is 1480. The molecule has 0 saturated heterocycles. The summed E-state index contributed by atoms with van der Waals surface area (Å²) in [6.45, 7) is 1.97. The van der Waals surface area contributed by atoms with Gasteiger partial charge in [0.1, 0.15) is 0 Å². The van der Waals surface area contributed by atoms with Gasteiger partial charge in [0.25, 0.3) is 10.0 Å². The Morgan fingerprint density at radius 1 is 0.914 bits per heavy atom. The summed E-state index contributed by atoms with van der Waals surface area (Å²) in [6, 6.07) is 27.5. The molecule has 0 atom stereocenters. The number of aromatic nitrogens is 1. The highest BCUT2D eigenvalue weighted by molar-refractivity contribution is 7.89. The van der Waals surface area contributed by atoms with Gasteiger partial charge in [-0.25, -0.2) is 17.5 Å². The second-order valence-corrected chi connectivity index (χ2v) is 9.69. The molecule has 0 aliphatic rings. The Morgan fingerprint density at radius 2 is 1.60 bits per heavy atom. The van der Waals surface area contributed by atoms with Crippen molar-refractivity contribution in [2.24, 2.45) is 0 Å². The molecule has 0 amide bonds. The van der Waals surface area contributed by atoms with E-state index in [0.717, 1.165) is 15.4 Å². The molecule has 0 unspecified atom stereocenters. The van der Waals surface area contributed by atoms with E-state index in [1.54, 1.807) is 59.4 Å². The van der Waals surface area contributed by atoms with Crippen LogP contribution in [0.1, 0.15) is 27.0 Å². The van der Waals surface area contributed by atoms with Crippen molar-refractivity contribution in [2.45, 2.75) is 18.4 Å². The van der Waals surface area contributed by atoms with Crippen LogP contribution in [-0.4, -0.2) is 30.4 Å². The number of nitrogens with zero attached hydrogens (tertiary/aromatic N) is 2. The summed E-state index contributed by atoms with van der Waals surface area (Å²) in [4.78, 5) is 12.6. The van der Waals surface area contributed by atoms with Gasteiger partial charge in [-0.05, 0) is 54.8 Å². The van der Waals surface area contributed by atoms with Gasteiger partial charge in [0.15, 0.2) is 0 Å². The van der Waals surface area contributed by atoms with E-state index in [9.17, 15) is 13.2 Å². The number of sulfonamides is 1.